The van der Waals surface area contributed by atoms with Crippen LogP contribution in [-0.2, 0) is 23.4 Å². The molecule has 0 spiro atoms. The predicted octanol–water partition coefficient (Wildman–Crippen LogP) is 0.729. The first-order valence-electron chi connectivity index (χ1n) is 5.79. The second kappa shape index (κ2) is 6.03. The molecule has 0 aliphatic carbocycles. The summed E-state index contributed by atoms with van der Waals surface area (Å²) in [4.78, 5) is 0. The molecule has 1 rings (SSSR count). The van der Waals surface area contributed by atoms with Crippen molar-refractivity contribution in [2.24, 2.45) is 7.05 Å². The molecule has 1 aromatic heterocycles. The van der Waals surface area contributed by atoms with Crippen molar-refractivity contribution in [3.8, 4) is 6.07 Å². The molecule has 0 aromatic carbocycles. The van der Waals surface area contributed by atoms with E-state index in [1.54, 1.807) is 0 Å². The monoisotopic (exact) mass is 269 g/mol. The molecular weight excluding hydrogens is 250 g/mol. The van der Waals surface area contributed by atoms with E-state index in [1.807, 2.05) is 24.6 Å². The van der Waals surface area contributed by atoms with Crippen molar-refractivity contribution < 1.29 is 8.42 Å². The van der Waals surface area contributed by atoms with Crippen LogP contribution in [0.3, 0.4) is 0 Å². The number of nitrogens with zero attached hydrogens (tertiary/aromatic N) is 2. The maximum atomic E-state index is 10.9. The highest BCUT2D eigenvalue weighted by Crippen LogP contribution is 2.12. The van der Waals surface area contributed by atoms with Gasteiger partial charge in [-0.3, -0.25) is 0 Å². The molecule has 0 fully saturated rings. The Morgan fingerprint density at radius 2 is 2.17 bits per heavy atom. The Labute approximate surface area is 108 Å². The van der Waals surface area contributed by atoms with Gasteiger partial charge in [-0.2, -0.15) is 5.26 Å². The summed E-state index contributed by atoms with van der Waals surface area (Å²) in [6.45, 7) is 3.28. The van der Waals surface area contributed by atoms with E-state index in [9.17, 15) is 8.42 Å². The molecule has 18 heavy (non-hydrogen) atoms. The zero-order valence-electron chi connectivity index (χ0n) is 11.0. The minimum atomic E-state index is -2.87. The Kier molecular flexibility index (Phi) is 4.93. The van der Waals surface area contributed by atoms with Crippen molar-refractivity contribution in [3.63, 3.8) is 0 Å². The van der Waals surface area contributed by atoms with Gasteiger partial charge in [0.1, 0.15) is 21.6 Å². The lowest BCUT2D eigenvalue weighted by molar-refractivity contribution is 0.594. The van der Waals surface area contributed by atoms with Gasteiger partial charge in [-0.15, -0.1) is 0 Å². The van der Waals surface area contributed by atoms with Crippen LogP contribution in [0, 0.1) is 18.3 Å². The zero-order chi connectivity index (χ0) is 13.8. The minimum absolute atomic E-state index is 0.206. The molecule has 100 valence electrons. The van der Waals surface area contributed by atoms with E-state index in [2.05, 4.69) is 11.4 Å². The first-order chi connectivity index (χ1) is 8.35. The Morgan fingerprint density at radius 3 is 2.67 bits per heavy atom. The van der Waals surface area contributed by atoms with Crippen LogP contribution >= 0.6 is 0 Å². The fourth-order valence-electron chi connectivity index (χ4n) is 1.73. The molecule has 0 radical (unpaired) electrons. The van der Waals surface area contributed by atoms with E-state index in [1.165, 1.54) is 6.26 Å². The lowest BCUT2D eigenvalue weighted by Gasteiger charge is -2.04. The van der Waals surface area contributed by atoms with Crippen molar-refractivity contribution in [2.45, 2.75) is 19.9 Å². The van der Waals surface area contributed by atoms with Crippen molar-refractivity contribution >= 4 is 9.84 Å². The first kappa shape index (κ1) is 14.7. The highest BCUT2D eigenvalue weighted by molar-refractivity contribution is 7.90. The molecule has 0 bridgehead atoms. The van der Waals surface area contributed by atoms with Gasteiger partial charge < -0.3 is 9.88 Å². The fraction of sp³-hybridized carbons (Fsp3) is 0.583. The first-order valence-corrected chi connectivity index (χ1v) is 7.85. The highest BCUT2D eigenvalue weighted by atomic mass is 32.2. The SMILES string of the molecule is Cc1c(CNCCCS(C)(=O)=O)cc(C#N)n1C. The lowest BCUT2D eigenvalue weighted by Crippen LogP contribution is -2.18. The largest absolute Gasteiger partial charge is 0.340 e. The molecule has 0 aliphatic rings. The molecule has 1 N–H and O–H groups in total. The fourth-order valence-corrected chi connectivity index (χ4v) is 2.40. The molecule has 5 nitrogen and oxygen atoms in total. The molecule has 0 aliphatic heterocycles. The number of sulfone groups is 1. The van der Waals surface area contributed by atoms with E-state index in [0.29, 0.717) is 25.2 Å². The maximum absolute atomic E-state index is 10.9. The highest BCUT2D eigenvalue weighted by Gasteiger charge is 2.08. The van der Waals surface area contributed by atoms with Crippen molar-refractivity contribution in [1.29, 1.82) is 5.26 Å². The van der Waals surface area contributed by atoms with Gasteiger partial charge >= 0.3 is 0 Å². The third-order valence-electron chi connectivity index (χ3n) is 2.94. The van der Waals surface area contributed by atoms with E-state index in [-0.39, 0.29) is 5.75 Å². The lowest BCUT2D eigenvalue weighted by atomic mass is 10.2. The molecule has 1 heterocycles. The average Bonchev–Trinajstić information content (AvgIpc) is 2.55. The normalized spacial score (nSPS) is 11.4. The molecule has 0 unspecified atom stereocenters. The van der Waals surface area contributed by atoms with Gasteiger partial charge in [0, 0.05) is 25.5 Å². The predicted molar refractivity (Wildman–Crippen MR) is 70.9 cm³/mol. The van der Waals surface area contributed by atoms with Crippen molar-refractivity contribution in [3.05, 3.63) is 23.0 Å². The van der Waals surface area contributed by atoms with Gasteiger partial charge in [0.2, 0.25) is 0 Å². The number of rotatable bonds is 6. The Morgan fingerprint density at radius 1 is 1.50 bits per heavy atom. The summed E-state index contributed by atoms with van der Waals surface area (Å²) in [5.74, 6) is 0.206. The molecule has 0 atom stereocenters. The van der Waals surface area contributed by atoms with Crippen LogP contribution < -0.4 is 5.32 Å². The smallest absolute Gasteiger partial charge is 0.147 e. The summed E-state index contributed by atoms with van der Waals surface area (Å²) < 4.78 is 23.7. The number of nitriles is 1. The summed E-state index contributed by atoms with van der Waals surface area (Å²) in [5.41, 5.74) is 2.77. The minimum Gasteiger partial charge on any atom is -0.340 e. The summed E-state index contributed by atoms with van der Waals surface area (Å²) in [7, 11) is -1.01. The molecular formula is C12H19N3O2S. The van der Waals surface area contributed by atoms with E-state index < -0.39 is 9.84 Å². The number of nitrogens with one attached hydrogen (secondary N) is 1. The van der Waals surface area contributed by atoms with Crippen LogP contribution in [0.15, 0.2) is 6.07 Å². The summed E-state index contributed by atoms with van der Waals surface area (Å²) in [6, 6.07) is 3.99. The standard InChI is InChI=1S/C12H19N3O2S/c1-10-11(7-12(8-13)15(10)2)9-14-5-4-6-18(3,16)17/h7,14H,4-6,9H2,1-3H3. The van der Waals surface area contributed by atoms with Crippen LogP contribution in [-0.4, -0.2) is 31.5 Å². The quantitative estimate of drug-likeness (QED) is 0.773. The van der Waals surface area contributed by atoms with E-state index in [0.717, 1.165) is 11.3 Å². The van der Waals surface area contributed by atoms with E-state index >= 15 is 0 Å². The molecule has 0 saturated heterocycles. The number of aromatic nitrogens is 1. The third kappa shape index (κ3) is 4.17. The number of hydrogen-bond donors (Lipinski definition) is 1. The molecule has 6 heteroatoms. The topological polar surface area (TPSA) is 74.9 Å². The van der Waals surface area contributed by atoms with Gasteiger partial charge in [-0.1, -0.05) is 0 Å². The molecule has 1 aromatic rings. The zero-order valence-corrected chi connectivity index (χ0v) is 11.8. The number of hydrogen-bond acceptors (Lipinski definition) is 4. The van der Waals surface area contributed by atoms with Gasteiger partial charge in [0.05, 0.1) is 5.75 Å². The van der Waals surface area contributed by atoms with Crippen LogP contribution in [0.1, 0.15) is 23.4 Å². The summed E-state index contributed by atoms with van der Waals surface area (Å²) in [5, 5.41) is 12.1. The second-order valence-electron chi connectivity index (χ2n) is 4.47. The van der Waals surface area contributed by atoms with Crippen LogP contribution in [0.5, 0.6) is 0 Å². The molecule has 0 saturated carbocycles. The maximum Gasteiger partial charge on any atom is 0.147 e. The molecule has 0 amide bonds. The Balaban J connectivity index is 2.43. The van der Waals surface area contributed by atoms with Gasteiger partial charge in [-0.25, -0.2) is 8.42 Å². The van der Waals surface area contributed by atoms with Gasteiger partial charge in [-0.05, 0) is 31.5 Å². The summed E-state index contributed by atoms with van der Waals surface area (Å²) in [6.07, 6.45) is 1.85. The Hall–Kier alpha value is -1.32. The van der Waals surface area contributed by atoms with Crippen LogP contribution in [0.2, 0.25) is 0 Å². The Bertz CT molecular complexity index is 553. The summed E-state index contributed by atoms with van der Waals surface area (Å²) >= 11 is 0. The van der Waals surface area contributed by atoms with Crippen LogP contribution in [0.4, 0.5) is 0 Å². The van der Waals surface area contributed by atoms with E-state index in [4.69, 9.17) is 5.26 Å². The van der Waals surface area contributed by atoms with Crippen LogP contribution in [0.25, 0.3) is 0 Å². The van der Waals surface area contributed by atoms with Gasteiger partial charge in [0.15, 0.2) is 0 Å². The van der Waals surface area contributed by atoms with Gasteiger partial charge in [0.25, 0.3) is 0 Å². The average molecular weight is 269 g/mol. The third-order valence-corrected chi connectivity index (χ3v) is 3.97. The second-order valence-corrected chi connectivity index (χ2v) is 6.73. The van der Waals surface area contributed by atoms with Crippen molar-refractivity contribution in [2.75, 3.05) is 18.6 Å². The van der Waals surface area contributed by atoms with Crippen molar-refractivity contribution in [1.82, 2.24) is 9.88 Å².